The first-order valence-electron chi connectivity index (χ1n) is 15.9. The van der Waals surface area contributed by atoms with E-state index in [1.807, 2.05) is 7.05 Å². The van der Waals surface area contributed by atoms with Crippen molar-refractivity contribution in [2.24, 2.45) is 11.7 Å². The first kappa shape index (κ1) is 38.6. The molecule has 0 aliphatic heterocycles. The predicted molar refractivity (Wildman–Crippen MR) is 171 cm³/mol. The van der Waals surface area contributed by atoms with Gasteiger partial charge in [-0.1, -0.05) is 54.4 Å². The molecule has 0 aliphatic rings. The summed E-state index contributed by atoms with van der Waals surface area (Å²) in [5.41, 5.74) is 13.5. The summed E-state index contributed by atoms with van der Waals surface area (Å²) >= 11 is 0. The van der Waals surface area contributed by atoms with Gasteiger partial charge in [-0.25, -0.2) is 10.9 Å². The Kier molecular flexibility index (Phi) is 18.1. The van der Waals surface area contributed by atoms with Gasteiger partial charge in [-0.15, -0.1) is 0 Å². The van der Waals surface area contributed by atoms with Gasteiger partial charge in [-0.05, 0) is 99.7 Å². The Balaban J connectivity index is 6.75. The van der Waals surface area contributed by atoms with Crippen molar-refractivity contribution in [3.05, 3.63) is 0 Å². The summed E-state index contributed by atoms with van der Waals surface area (Å²) in [4.78, 5) is 0. The van der Waals surface area contributed by atoms with Gasteiger partial charge in [-0.3, -0.25) is 26.6 Å². The Morgan fingerprint density at radius 3 is 1.90 bits per heavy atom. The van der Waals surface area contributed by atoms with Crippen molar-refractivity contribution in [1.29, 1.82) is 0 Å². The van der Waals surface area contributed by atoms with Crippen LogP contribution in [-0.4, -0.2) is 66.5 Å². The third-order valence-electron chi connectivity index (χ3n) is 7.25. The predicted octanol–water partition coefficient (Wildman–Crippen LogP) is 3.94. The Labute approximate surface area is 243 Å². The molecule has 0 spiro atoms. The second-order valence-electron chi connectivity index (χ2n) is 13.3. The lowest BCUT2D eigenvalue weighted by molar-refractivity contribution is -0.115. The smallest absolute Gasteiger partial charge is 0.129 e. The van der Waals surface area contributed by atoms with E-state index in [0.717, 1.165) is 64.6 Å². The maximum atomic E-state index is 7.62. The largest absolute Gasteiger partial charge is 0.308 e. The maximum Gasteiger partial charge on any atom is 0.129 e. The number of nitrogens with two attached hydrogens (primary N) is 1. The van der Waals surface area contributed by atoms with Gasteiger partial charge in [0.15, 0.2) is 0 Å². The van der Waals surface area contributed by atoms with E-state index in [0.29, 0.717) is 18.0 Å². The normalized spacial score (nSPS) is 18.4. The molecule has 0 aliphatic carbocycles. The average molecular weight is 558 g/mol. The Hall–Kier alpha value is -0.360. The van der Waals surface area contributed by atoms with Crippen LogP contribution in [0.1, 0.15) is 128 Å². The van der Waals surface area contributed by atoms with Crippen LogP contribution in [0, 0.1) is 5.92 Å². The molecule has 236 valence electrons. The molecular weight excluding hydrogens is 486 g/mol. The summed E-state index contributed by atoms with van der Waals surface area (Å²) in [7, 11) is 2.04. The van der Waals surface area contributed by atoms with Gasteiger partial charge in [0.2, 0.25) is 0 Å². The number of nitrogens with zero attached hydrogens (tertiary/aromatic N) is 1. The van der Waals surface area contributed by atoms with Crippen LogP contribution in [0.25, 0.3) is 0 Å². The van der Waals surface area contributed by atoms with E-state index >= 15 is 0 Å². The van der Waals surface area contributed by atoms with Gasteiger partial charge < -0.3 is 5.73 Å². The molecule has 0 aromatic rings. The Morgan fingerprint density at radius 2 is 1.46 bits per heavy atom. The van der Waals surface area contributed by atoms with Crippen LogP contribution in [0.4, 0.5) is 0 Å². The highest BCUT2D eigenvalue weighted by Crippen LogP contribution is 2.31. The number of likely N-dealkylation sites (N-methyl/N-ethyl adjacent to an activating group) is 2. The van der Waals surface area contributed by atoms with Crippen molar-refractivity contribution in [2.75, 3.05) is 26.7 Å². The lowest BCUT2D eigenvalue weighted by Crippen LogP contribution is -2.85. The van der Waals surface area contributed by atoms with Gasteiger partial charge in [0, 0.05) is 24.2 Å². The van der Waals surface area contributed by atoms with Crippen LogP contribution in [0.3, 0.4) is 0 Å². The van der Waals surface area contributed by atoms with Crippen LogP contribution < -0.4 is 43.2 Å². The molecule has 0 radical (unpaired) electrons. The zero-order chi connectivity index (χ0) is 30.3. The van der Waals surface area contributed by atoms with Crippen molar-refractivity contribution in [3.63, 3.8) is 0 Å². The van der Waals surface area contributed by atoms with E-state index in [1.54, 1.807) is 0 Å². The van der Waals surface area contributed by atoms with Crippen LogP contribution in [-0.2, 0) is 0 Å². The Bertz CT molecular complexity index is 624. The Morgan fingerprint density at radius 1 is 0.821 bits per heavy atom. The number of hydrazine groups is 2. The van der Waals surface area contributed by atoms with E-state index in [1.165, 1.54) is 0 Å². The summed E-state index contributed by atoms with van der Waals surface area (Å²) < 4.78 is 0. The first-order valence-corrected chi connectivity index (χ1v) is 15.9. The molecular formula is C30H71N9. The molecule has 9 heteroatoms. The molecule has 0 rings (SSSR count). The van der Waals surface area contributed by atoms with Crippen LogP contribution in [0.2, 0.25) is 0 Å². The molecule has 9 N–H and O–H groups in total. The molecule has 0 saturated carbocycles. The summed E-state index contributed by atoms with van der Waals surface area (Å²) in [5.74, 6) is 0.0606. The third kappa shape index (κ3) is 13.0. The summed E-state index contributed by atoms with van der Waals surface area (Å²) in [5, 5.41) is 21.4. The molecule has 4 unspecified atom stereocenters. The molecule has 39 heavy (non-hydrogen) atoms. The van der Waals surface area contributed by atoms with Gasteiger partial charge in [0.05, 0.1) is 0 Å². The minimum atomic E-state index is -0.780. The van der Waals surface area contributed by atoms with E-state index in [4.69, 9.17) is 5.73 Å². The lowest BCUT2D eigenvalue weighted by atomic mass is 9.83. The van der Waals surface area contributed by atoms with E-state index in [9.17, 15) is 0 Å². The molecule has 9 nitrogen and oxygen atoms in total. The summed E-state index contributed by atoms with van der Waals surface area (Å²) in [6.07, 6.45) is 6.72. The lowest BCUT2D eigenvalue weighted by Gasteiger charge is -2.56. The van der Waals surface area contributed by atoms with Gasteiger partial charge in [-0.2, -0.15) is 5.12 Å². The average Bonchev–Trinajstić information content (AvgIpc) is 2.83. The molecule has 0 saturated heterocycles. The number of unbranched alkanes of at least 4 members (excludes halogenated alkanes) is 1. The van der Waals surface area contributed by atoms with E-state index < -0.39 is 17.1 Å². The quantitative estimate of drug-likeness (QED) is 0.0538. The highest BCUT2D eigenvalue weighted by molar-refractivity contribution is 5.07. The maximum absolute atomic E-state index is 7.62. The topological polar surface area (TPSA) is 113 Å². The van der Waals surface area contributed by atoms with E-state index in [2.05, 4.69) is 126 Å². The molecule has 0 fully saturated rings. The zero-order valence-corrected chi connectivity index (χ0v) is 28.3. The van der Waals surface area contributed by atoms with Crippen molar-refractivity contribution in [2.45, 2.75) is 163 Å². The fraction of sp³-hybridized carbons (Fsp3) is 1.00. The molecule has 0 heterocycles. The zero-order valence-electron chi connectivity index (χ0n) is 28.3. The van der Waals surface area contributed by atoms with Crippen molar-refractivity contribution < 1.29 is 0 Å². The minimum Gasteiger partial charge on any atom is -0.308 e. The van der Waals surface area contributed by atoms with Crippen LogP contribution in [0.15, 0.2) is 0 Å². The minimum absolute atomic E-state index is 0.170. The first-order chi connectivity index (χ1) is 18.1. The second kappa shape index (κ2) is 18.2. The summed E-state index contributed by atoms with van der Waals surface area (Å²) in [6.45, 7) is 29.1. The van der Waals surface area contributed by atoms with Crippen molar-refractivity contribution in [3.8, 4) is 0 Å². The van der Waals surface area contributed by atoms with Gasteiger partial charge in [0.25, 0.3) is 0 Å². The standard InChI is InChI=1S/C30H71N9/c1-14-18-22-34-30(36-25(7)8,37-26(9)16-3)21-20-29(32-13,33-17-4)28(31,19-15-2)39(35-23-24(5)6)38-27(10,11)12/h24-26,32-38H,14-23,31H2,1-13H3. The number of hydrogen-bond acceptors (Lipinski definition) is 9. The van der Waals surface area contributed by atoms with Crippen molar-refractivity contribution in [1.82, 2.24) is 42.6 Å². The van der Waals surface area contributed by atoms with Crippen LogP contribution in [0.5, 0.6) is 0 Å². The number of rotatable bonds is 23. The summed E-state index contributed by atoms with van der Waals surface area (Å²) in [6, 6.07) is 0.669. The van der Waals surface area contributed by atoms with Gasteiger partial charge in [0.1, 0.15) is 17.1 Å². The number of hydrogen-bond donors (Lipinski definition) is 8. The fourth-order valence-electron chi connectivity index (χ4n) is 5.22. The highest BCUT2D eigenvalue weighted by atomic mass is 15.8. The molecule has 0 aromatic heterocycles. The molecule has 0 amide bonds. The third-order valence-corrected chi connectivity index (χ3v) is 7.25. The second-order valence-corrected chi connectivity index (χ2v) is 13.3. The van der Waals surface area contributed by atoms with E-state index in [-0.39, 0.29) is 5.54 Å². The fourth-order valence-corrected chi connectivity index (χ4v) is 5.22. The number of nitrogens with one attached hydrogen (secondary N) is 7. The van der Waals surface area contributed by atoms with Crippen LogP contribution >= 0.6 is 0 Å². The highest BCUT2D eigenvalue weighted by Gasteiger charge is 2.53. The SMILES string of the molecule is CCCCNC(CCC(NC)(NCC)C(N)(CCC)N(NCC(C)C)NC(C)(C)C)(NC(C)C)NC(C)CC. The molecule has 0 aromatic carbocycles. The van der Waals surface area contributed by atoms with Gasteiger partial charge >= 0.3 is 0 Å². The monoisotopic (exact) mass is 558 g/mol. The van der Waals surface area contributed by atoms with Crippen molar-refractivity contribution >= 4 is 0 Å². The molecule has 4 atom stereocenters. The molecule has 0 bridgehead atoms.